The number of carboxylic acids is 1. The Labute approximate surface area is 207 Å². The lowest BCUT2D eigenvalue weighted by atomic mass is 9.91. The molecule has 1 atom stereocenters. The van der Waals surface area contributed by atoms with Gasteiger partial charge in [-0.25, -0.2) is 0 Å². The minimum atomic E-state index is -0.662. The van der Waals surface area contributed by atoms with Gasteiger partial charge in [-0.05, 0) is 65.1 Å². The molecule has 0 amide bonds. The summed E-state index contributed by atoms with van der Waals surface area (Å²) in [5.74, 6) is 0.276. The molecule has 3 nitrogen and oxygen atoms in total. The van der Waals surface area contributed by atoms with Gasteiger partial charge in [0.15, 0.2) is 0 Å². The molecule has 0 aromatic carbocycles. The summed E-state index contributed by atoms with van der Waals surface area (Å²) in [6, 6.07) is 0. The zero-order chi connectivity index (χ0) is 24.4. The number of rotatable bonds is 26. The Morgan fingerprint density at radius 2 is 1.12 bits per heavy atom. The quantitative estimate of drug-likeness (QED) is 0.102. The summed E-state index contributed by atoms with van der Waals surface area (Å²) in [6.45, 7) is 3.54. The standard InChI is InChI=1S/C30H59NO2/c1-4-5-6-7-15-18-21-24-29(27-28-31(2)3)25-22-19-16-13-11-9-8-10-12-14-17-20-23-26-30(32)33/h8-9,29H,4-7,10-28H2,1-3H3,(H,32,33)/b9-8-. The number of aliphatic carboxylic acids is 1. The van der Waals surface area contributed by atoms with Crippen LogP contribution in [0.2, 0.25) is 0 Å². The highest BCUT2D eigenvalue weighted by molar-refractivity contribution is 5.66. The number of nitrogens with zero attached hydrogens (tertiary/aromatic N) is 1. The van der Waals surface area contributed by atoms with Crippen LogP contribution in [0.5, 0.6) is 0 Å². The van der Waals surface area contributed by atoms with Crippen molar-refractivity contribution in [2.45, 2.75) is 148 Å². The average molecular weight is 466 g/mol. The van der Waals surface area contributed by atoms with Gasteiger partial charge in [0.25, 0.3) is 0 Å². The van der Waals surface area contributed by atoms with Gasteiger partial charge >= 0.3 is 5.97 Å². The van der Waals surface area contributed by atoms with Crippen LogP contribution in [0, 0.1) is 5.92 Å². The van der Waals surface area contributed by atoms with Gasteiger partial charge in [-0.1, -0.05) is 115 Å². The molecule has 0 aromatic rings. The molecule has 0 heterocycles. The Bertz CT molecular complexity index is 433. The van der Waals surface area contributed by atoms with E-state index in [0.717, 1.165) is 18.8 Å². The molecule has 0 spiro atoms. The van der Waals surface area contributed by atoms with Crippen LogP contribution in [-0.2, 0) is 4.79 Å². The predicted molar refractivity (Wildman–Crippen MR) is 146 cm³/mol. The van der Waals surface area contributed by atoms with Gasteiger partial charge in [0, 0.05) is 6.42 Å². The molecule has 0 radical (unpaired) electrons. The van der Waals surface area contributed by atoms with Gasteiger partial charge in [-0.2, -0.15) is 0 Å². The van der Waals surface area contributed by atoms with Crippen LogP contribution < -0.4 is 0 Å². The lowest BCUT2D eigenvalue weighted by Crippen LogP contribution is -2.17. The van der Waals surface area contributed by atoms with Gasteiger partial charge in [-0.3, -0.25) is 4.79 Å². The van der Waals surface area contributed by atoms with Gasteiger partial charge < -0.3 is 10.0 Å². The first-order valence-corrected chi connectivity index (χ1v) is 14.6. The first-order valence-electron chi connectivity index (χ1n) is 14.6. The Kier molecular flexibility index (Phi) is 25.1. The minimum Gasteiger partial charge on any atom is -0.481 e. The van der Waals surface area contributed by atoms with Crippen molar-refractivity contribution in [2.75, 3.05) is 20.6 Å². The second kappa shape index (κ2) is 25.8. The Hall–Kier alpha value is -0.830. The molecule has 196 valence electrons. The number of hydrogen-bond acceptors (Lipinski definition) is 2. The Morgan fingerprint density at radius 3 is 1.61 bits per heavy atom. The van der Waals surface area contributed by atoms with Crippen molar-refractivity contribution in [3.63, 3.8) is 0 Å². The van der Waals surface area contributed by atoms with Crippen LogP contribution in [0.15, 0.2) is 12.2 Å². The number of unbranched alkanes of at least 4 members (excludes halogenated alkanes) is 15. The Morgan fingerprint density at radius 1 is 0.667 bits per heavy atom. The first kappa shape index (κ1) is 32.2. The van der Waals surface area contributed by atoms with E-state index in [9.17, 15) is 4.79 Å². The van der Waals surface area contributed by atoms with E-state index in [2.05, 4.69) is 38.1 Å². The van der Waals surface area contributed by atoms with Crippen molar-refractivity contribution < 1.29 is 9.90 Å². The van der Waals surface area contributed by atoms with E-state index in [-0.39, 0.29) is 0 Å². The van der Waals surface area contributed by atoms with Gasteiger partial charge in [0.05, 0.1) is 0 Å². The van der Waals surface area contributed by atoms with Crippen LogP contribution in [0.3, 0.4) is 0 Å². The molecule has 0 fully saturated rings. The fourth-order valence-electron chi connectivity index (χ4n) is 4.62. The SMILES string of the molecule is CCCCCCCCCC(CCCCCC/C=C\CCCCCCCC(=O)O)CCN(C)C. The summed E-state index contributed by atoms with van der Waals surface area (Å²) in [4.78, 5) is 12.8. The van der Waals surface area contributed by atoms with Crippen LogP contribution in [0.25, 0.3) is 0 Å². The van der Waals surface area contributed by atoms with Crippen molar-refractivity contribution in [3.05, 3.63) is 12.2 Å². The molecule has 3 heteroatoms. The second-order valence-electron chi connectivity index (χ2n) is 10.5. The topological polar surface area (TPSA) is 40.5 Å². The fourth-order valence-corrected chi connectivity index (χ4v) is 4.62. The van der Waals surface area contributed by atoms with Crippen LogP contribution in [-0.4, -0.2) is 36.6 Å². The third-order valence-electron chi connectivity index (χ3n) is 6.86. The average Bonchev–Trinajstić information content (AvgIpc) is 2.78. The van der Waals surface area contributed by atoms with E-state index in [1.54, 1.807) is 0 Å². The molecule has 1 unspecified atom stereocenters. The van der Waals surface area contributed by atoms with E-state index in [0.29, 0.717) is 6.42 Å². The first-order chi connectivity index (χ1) is 16.1. The predicted octanol–water partition coefficient (Wildman–Crippen LogP) is 9.41. The number of hydrogen-bond donors (Lipinski definition) is 1. The molecular weight excluding hydrogens is 406 g/mol. The van der Waals surface area contributed by atoms with E-state index in [4.69, 9.17) is 5.11 Å². The highest BCUT2D eigenvalue weighted by Crippen LogP contribution is 2.22. The third kappa shape index (κ3) is 27.3. The zero-order valence-electron chi connectivity index (χ0n) is 22.8. The minimum absolute atomic E-state index is 0.329. The Balaban J connectivity index is 3.63. The van der Waals surface area contributed by atoms with Gasteiger partial charge in [0.1, 0.15) is 0 Å². The van der Waals surface area contributed by atoms with Crippen LogP contribution >= 0.6 is 0 Å². The van der Waals surface area contributed by atoms with Crippen molar-refractivity contribution in [2.24, 2.45) is 5.92 Å². The maximum atomic E-state index is 10.5. The van der Waals surface area contributed by atoms with Gasteiger partial charge in [-0.15, -0.1) is 0 Å². The smallest absolute Gasteiger partial charge is 0.303 e. The van der Waals surface area contributed by atoms with Crippen molar-refractivity contribution >= 4 is 5.97 Å². The summed E-state index contributed by atoms with van der Waals surface area (Å²) in [5, 5.41) is 8.63. The van der Waals surface area contributed by atoms with Crippen molar-refractivity contribution in [3.8, 4) is 0 Å². The van der Waals surface area contributed by atoms with E-state index < -0.39 is 5.97 Å². The molecular formula is C30H59NO2. The summed E-state index contributed by atoms with van der Waals surface area (Å²) in [5.41, 5.74) is 0. The molecule has 0 saturated carbocycles. The maximum Gasteiger partial charge on any atom is 0.303 e. The van der Waals surface area contributed by atoms with Crippen LogP contribution in [0.4, 0.5) is 0 Å². The van der Waals surface area contributed by atoms with E-state index in [1.807, 2.05) is 0 Å². The number of allylic oxidation sites excluding steroid dienone is 2. The van der Waals surface area contributed by atoms with E-state index in [1.165, 1.54) is 129 Å². The van der Waals surface area contributed by atoms with Crippen LogP contribution in [0.1, 0.15) is 148 Å². The molecule has 0 rings (SSSR count). The number of carboxylic acid groups (broad SMARTS) is 1. The normalized spacial score (nSPS) is 12.7. The molecule has 33 heavy (non-hydrogen) atoms. The largest absolute Gasteiger partial charge is 0.481 e. The summed E-state index contributed by atoms with van der Waals surface area (Å²) in [7, 11) is 4.42. The molecule has 0 bridgehead atoms. The zero-order valence-corrected chi connectivity index (χ0v) is 22.8. The lowest BCUT2D eigenvalue weighted by Gasteiger charge is -2.19. The van der Waals surface area contributed by atoms with Crippen molar-refractivity contribution in [1.82, 2.24) is 4.90 Å². The molecule has 0 saturated heterocycles. The third-order valence-corrected chi connectivity index (χ3v) is 6.86. The van der Waals surface area contributed by atoms with Crippen molar-refractivity contribution in [1.29, 1.82) is 0 Å². The molecule has 0 aromatic heterocycles. The lowest BCUT2D eigenvalue weighted by molar-refractivity contribution is -0.137. The molecule has 0 aliphatic heterocycles. The summed E-state index contributed by atoms with van der Waals surface area (Å²) in [6.07, 6.45) is 32.8. The summed E-state index contributed by atoms with van der Waals surface area (Å²) >= 11 is 0. The highest BCUT2D eigenvalue weighted by atomic mass is 16.4. The fraction of sp³-hybridized carbons (Fsp3) is 0.900. The van der Waals surface area contributed by atoms with Gasteiger partial charge in [0.2, 0.25) is 0 Å². The molecule has 0 aliphatic rings. The molecule has 1 N–H and O–H groups in total. The maximum absolute atomic E-state index is 10.5. The van der Waals surface area contributed by atoms with E-state index >= 15 is 0 Å². The highest BCUT2D eigenvalue weighted by Gasteiger charge is 2.09. The second-order valence-corrected chi connectivity index (χ2v) is 10.5. The monoisotopic (exact) mass is 465 g/mol. The summed E-state index contributed by atoms with van der Waals surface area (Å²) < 4.78 is 0. The molecule has 0 aliphatic carbocycles. The number of carbonyl (C=O) groups is 1.